The summed E-state index contributed by atoms with van der Waals surface area (Å²) in [6, 6.07) is 8.29. The van der Waals surface area contributed by atoms with Gasteiger partial charge in [0.2, 0.25) is 5.91 Å². The van der Waals surface area contributed by atoms with E-state index in [1.165, 1.54) is 12.1 Å². The number of rotatable bonds is 4. The second-order valence-electron chi connectivity index (χ2n) is 8.01. The Labute approximate surface area is 172 Å². The van der Waals surface area contributed by atoms with Gasteiger partial charge in [-0.2, -0.15) is 13.2 Å². The van der Waals surface area contributed by atoms with Crippen molar-refractivity contribution in [3.8, 4) is 11.1 Å². The van der Waals surface area contributed by atoms with Crippen LogP contribution < -0.4 is 5.56 Å². The number of likely N-dealkylation sites (tertiary alicyclic amines) is 1. The zero-order valence-corrected chi connectivity index (χ0v) is 16.6. The molecule has 1 fully saturated rings. The van der Waals surface area contributed by atoms with Gasteiger partial charge in [-0.1, -0.05) is 12.1 Å². The van der Waals surface area contributed by atoms with Crippen molar-refractivity contribution in [2.24, 2.45) is 5.92 Å². The van der Waals surface area contributed by atoms with Gasteiger partial charge in [0.15, 0.2) is 0 Å². The molecule has 0 spiro atoms. The first-order valence-electron chi connectivity index (χ1n) is 9.96. The van der Waals surface area contributed by atoms with Crippen LogP contribution in [0.3, 0.4) is 0 Å². The number of aromatic nitrogens is 1. The summed E-state index contributed by atoms with van der Waals surface area (Å²) in [5, 5.41) is 0. The zero-order chi connectivity index (χ0) is 21.5. The number of benzene rings is 1. The third-order valence-corrected chi connectivity index (χ3v) is 5.98. The highest BCUT2D eigenvalue weighted by Gasteiger charge is 2.36. The number of alkyl halides is 3. The van der Waals surface area contributed by atoms with Crippen molar-refractivity contribution in [3.05, 3.63) is 58.0 Å². The molecular weight excluding hydrogens is 397 g/mol. The third kappa shape index (κ3) is 3.88. The van der Waals surface area contributed by atoms with E-state index in [9.17, 15) is 22.8 Å². The molecule has 3 heterocycles. The van der Waals surface area contributed by atoms with Gasteiger partial charge in [0.25, 0.3) is 5.56 Å². The van der Waals surface area contributed by atoms with Gasteiger partial charge in [-0.3, -0.25) is 9.59 Å². The summed E-state index contributed by atoms with van der Waals surface area (Å²) in [5.41, 5.74) is 0.316. The van der Waals surface area contributed by atoms with Crippen molar-refractivity contribution in [3.63, 3.8) is 0 Å². The van der Waals surface area contributed by atoms with Crippen LogP contribution in [0, 0.1) is 5.92 Å². The molecule has 1 aromatic carbocycles. The molecule has 4 rings (SSSR count). The van der Waals surface area contributed by atoms with E-state index in [0.717, 1.165) is 24.2 Å². The van der Waals surface area contributed by atoms with Gasteiger partial charge in [0.1, 0.15) is 0 Å². The first-order valence-corrected chi connectivity index (χ1v) is 9.96. The number of amides is 1. The summed E-state index contributed by atoms with van der Waals surface area (Å²) in [7, 11) is 1.56. The Hall–Kier alpha value is -2.61. The SMILES string of the molecule is COCCC(=O)N1C[C@@H]2C[C@H](C1)c1ccc(-c3cccc(C(F)(F)F)c3)c(=O)n1C2. The number of carbonyl (C=O) groups is 1. The largest absolute Gasteiger partial charge is 0.416 e. The van der Waals surface area contributed by atoms with Crippen LogP contribution in [0.4, 0.5) is 13.2 Å². The van der Waals surface area contributed by atoms with Crippen molar-refractivity contribution in [1.29, 1.82) is 0 Å². The molecule has 30 heavy (non-hydrogen) atoms. The predicted molar refractivity (Wildman–Crippen MR) is 105 cm³/mol. The van der Waals surface area contributed by atoms with Gasteiger partial charge in [-0.25, -0.2) is 0 Å². The second-order valence-corrected chi connectivity index (χ2v) is 8.01. The van der Waals surface area contributed by atoms with E-state index in [2.05, 4.69) is 0 Å². The highest BCUT2D eigenvalue weighted by atomic mass is 19.4. The molecule has 2 aliphatic rings. The summed E-state index contributed by atoms with van der Waals surface area (Å²) < 4.78 is 45.9. The van der Waals surface area contributed by atoms with E-state index in [4.69, 9.17) is 4.74 Å². The van der Waals surface area contributed by atoms with E-state index in [1.807, 2.05) is 11.0 Å². The monoisotopic (exact) mass is 420 g/mol. The van der Waals surface area contributed by atoms with Crippen molar-refractivity contribution in [2.45, 2.75) is 31.5 Å². The van der Waals surface area contributed by atoms with Gasteiger partial charge < -0.3 is 14.2 Å². The molecule has 2 aliphatic heterocycles. The fourth-order valence-corrected chi connectivity index (χ4v) is 4.58. The number of fused-ring (bicyclic) bond motifs is 4. The topological polar surface area (TPSA) is 51.5 Å². The lowest BCUT2D eigenvalue weighted by atomic mass is 9.82. The number of hydrogen-bond acceptors (Lipinski definition) is 3. The van der Waals surface area contributed by atoms with Crippen molar-refractivity contribution in [2.75, 3.05) is 26.8 Å². The number of ether oxygens (including phenoxy) is 1. The molecule has 1 aromatic heterocycles. The molecule has 1 amide bonds. The quantitative estimate of drug-likeness (QED) is 0.761. The molecule has 0 saturated carbocycles. The van der Waals surface area contributed by atoms with Gasteiger partial charge in [-0.15, -0.1) is 0 Å². The lowest BCUT2D eigenvalue weighted by Gasteiger charge is -2.43. The minimum absolute atomic E-state index is 0.0444. The maximum Gasteiger partial charge on any atom is 0.416 e. The Bertz CT molecular complexity index is 1020. The number of pyridine rings is 1. The lowest BCUT2D eigenvalue weighted by molar-refractivity contribution is -0.137. The molecule has 0 aliphatic carbocycles. The summed E-state index contributed by atoms with van der Waals surface area (Å²) in [4.78, 5) is 27.4. The Morgan fingerprint density at radius 3 is 2.70 bits per heavy atom. The van der Waals surface area contributed by atoms with E-state index in [-0.39, 0.29) is 34.4 Å². The minimum Gasteiger partial charge on any atom is -0.384 e. The standard InChI is InChI=1S/C22H23F3N2O3/c1-30-8-7-20(28)26-11-14-9-16(13-26)19-6-5-18(21(29)27(19)12-14)15-3-2-4-17(10-15)22(23,24)25/h2-6,10,14,16H,7-9,11-13H2,1H3/t14-,16+/m0/s1. The summed E-state index contributed by atoms with van der Waals surface area (Å²) in [6.07, 6.45) is -3.23. The smallest absolute Gasteiger partial charge is 0.384 e. The Morgan fingerprint density at radius 2 is 1.97 bits per heavy atom. The van der Waals surface area contributed by atoms with Gasteiger partial charge in [-0.05, 0) is 42.2 Å². The molecule has 8 heteroatoms. The zero-order valence-electron chi connectivity index (χ0n) is 16.6. The van der Waals surface area contributed by atoms with Crippen LogP contribution in [0.25, 0.3) is 11.1 Å². The minimum atomic E-state index is -4.46. The number of hydrogen-bond donors (Lipinski definition) is 0. The van der Waals surface area contributed by atoms with Crippen LogP contribution in [0.5, 0.6) is 0 Å². The molecule has 1 saturated heterocycles. The normalized spacial score (nSPS) is 20.7. The maximum atomic E-state index is 13.1. The average molecular weight is 420 g/mol. The first kappa shape index (κ1) is 20.7. The Kier molecular flexibility index (Phi) is 5.44. The fraction of sp³-hybridized carbons (Fsp3) is 0.455. The molecular formula is C22H23F3N2O3. The average Bonchev–Trinajstić information content (AvgIpc) is 2.72. The highest BCUT2D eigenvalue weighted by Crippen LogP contribution is 2.36. The number of halogens is 3. The second kappa shape index (κ2) is 7.91. The Morgan fingerprint density at radius 1 is 1.17 bits per heavy atom. The lowest BCUT2D eigenvalue weighted by Crippen LogP contribution is -2.49. The van der Waals surface area contributed by atoms with Crippen LogP contribution in [-0.2, 0) is 22.3 Å². The van der Waals surface area contributed by atoms with E-state index < -0.39 is 11.7 Å². The van der Waals surface area contributed by atoms with E-state index in [0.29, 0.717) is 32.7 Å². The van der Waals surface area contributed by atoms with Gasteiger partial charge in [0, 0.05) is 43.9 Å². The van der Waals surface area contributed by atoms with E-state index in [1.54, 1.807) is 17.7 Å². The van der Waals surface area contributed by atoms with E-state index >= 15 is 0 Å². The molecule has 2 aromatic rings. The molecule has 5 nitrogen and oxygen atoms in total. The molecule has 0 unspecified atom stereocenters. The van der Waals surface area contributed by atoms with Crippen LogP contribution >= 0.6 is 0 Å². The van der Waals surface area contributed by atoms with Crippen LogP contribution in [0.1, 0.15) is 30.0 Å². The summed E-state index contributed by atoms with van der Waals surface area (Å²) >= 11 is 0. The van der Waals surface area contributed by atoms with Crippen molar-refractivity contribution in [1.82, 2.24) is 9.47 Å². The molecule has 0 N–H and O–H groups in total. The summed E-state index contributed by atoms with van der Waals surface area (Å²) in [6.45, 7) is 1.96. The summed E-state index contributed by atoms with van der Waals surface area (Å²) in [5.74, 6) is 0.243. The number of nitrogens with zero attached hydrogens (tertiary/aromatic N) is 2. The van der Waals surface area contributed by atoms with Gasteiger partial charge in [0.05, 0.1) is 18.6 Å². The number of piperidine rings is 1. The Balaban J connectivity index is 1.64. The maximum absolute atomic E-state index is 13.1. The van der Waals surface area contributed by atoms with Crippen LogP contribution in [-0.4, -0.2) is 42.2 Å². The van der Waals surface area contributed by atoms with Crippen LogP contribution in [0.2, 0.25) is 0 Å². The predicted octanol–water partition coefficient (Wildman–Crippen LogP) is 3.52. The van der Waals surface area contributed by atoms with Crippen molar-refractivity contribution >= 4 is 5.91 Å². The highest BCUT2D eigenvalue weighted by molar-refractivity contribution is 5.76. The van der Waals surface area contributed by atoms with Crippen LogP contribution in [0.15, 0.2) is 41.2 Å². The first-order chi connectivity index (χ1) is 14.3. The number of carbonyl (C=O) groups excluding carboxylic acids is 1. The molecule has 2 bridgehead atoms. The number of methoxy groups -OCH3 is 1. The third-order valence-electron chi connectivity index (χ3n) is 5.98. The van der Waals surface area contributed by atoms with Gasteiger partial charge >= 0.3 is 6.18 Å². The van der Waals surface area contributed by atoms with Crippen molar-refractivity contribution < 1.29 is 22.7 Å². The fourth-order valence-electron chi connectivity index (χ4n) is 4.58. The molecule has 0 radical (unpaired) electrons. The molecule has 2 atom stereocenters. The molecule has 160 valence electrons.